The van der Waals surface area contributed by atoms with Crippen LogP contribution < -0.4 is 10.6 Å². The number of amides is 1. The molecule has 116 valence electrons. The van der Waals surface area contributed by atoms with Gasteiger partial charge in [0.1, 0.15) is 0 Å². The van der Waals surface area contributed by atoms with E-state index in [2.05, 4.69) is 34.4 Å². The lowest BCUT2D eigenvalue weighted by atomic mass is 10.2. The highest BCUT2D eigenvalue weighted by molar-refractivity contribution is 5.99. The number of hydrogen-bond acceptors (Lipinski definition) is 4. The van der Waals surface area contributed by atoms with Gasteiger partial charge in [-0.3, -0.25) is 14.7 Å². The Kier molecular flexibility index (Phi) is 5.99. The molecule has 21 heavy (non-hydrogen) atoms. The van der Waals surface area contributed by atoms with Crippen LogP contribution in [0.4, 0.5) is 5.69 Å². The zero-order valence-corrected chi connectivity index (χ0v) is 13.1. The molecule has 2 heterocycles. The molecule has 1 atom stereocenters. The van der Waals surface area contributed by atoms with Crippen molar-refractivity contribution in [1.82, 2.24) is 15.2 Å². The van der Waals surface area contributed by atoms with Crippen molar-refractivity contribution in [2.24, 2.45) is 0 Å². The van der Waals surface area contributed by atoms with Crippen molar-refractivity contribution in [2.45, 2.75) is 39.2 Å². The molecule has 1 aromatic rings. The third-order valence-corrected chi connectivity index (χ3v) is 4.03. The minimum absolute atomic E-state index is 0.0374. The van der Waals surface area contributed by atoms with E-state index in [1.54, 1.807) is 12.4 Å². The van der Waals surface area contributed by atoms with Crippen molar-refractivity contribution in [3.05, 3.63) is 24.0 Å². The molecule has 1 fully saturated rings. The van der Waals surface area contributed by atoms with Gasteiger partial charge in [-0.25, -0.2) is 0 Å². The van der Waals surface area contributed by atoms with Crippen LogP contribution >= 0.6 is 0 Å². The van der Waals surface area contributed by atoms with E-state index in [0.717, 1.165) is 38.3 Å². The number of nitrogens with zero attached hydrogens (tertiary/aromatic N) is 2. The molecule has 1 unspecified atom stereocenters. The fourth-order valence-electron chi connectivity index (χ4n) is 2.84. The van der Waals surface area contributed by atoms with Crippen molar-refractivity contribution in [2.75, 3.05) is 31.5 Å². The molecule has 0 saturated carbocycles. The molecule has 1 amide bonds. The predicted molar refractivity (Wildman–Crippen MR) is 85.6 cm³/mol. The quantitative estimate of drug-likeness (QED) is 0.807. The Morgan fingerprint density at radius 1 is 1.48 bits per heavy atom. The van der Waals surface area contributed by atoms with Gasteiger partial charge in [0, 0.05) is 31.5 Å². The molecule has 0 radical (unpaired) electrons. The summed E-state index contributed by atoms with van der Waals surface area (Å²) in [7, 11) is 0. The van der Waals surface area contributed by atoms with Crippen LogP contribution in [0.3, 0.4) is 0 Å². The summed E-state index contributed by atoms with van der Waals surface area (Å²) in [5.41, 5.74) is 1.50. The lowest BCUT2D eigenvalue weighted by Crippen LogP contribution is -2.40. The Bertz CT molecular complexity index is 463. The summed E-state index contributed by atoms with van der Waals surface area (Å²) in [4.78, 5) is 18.9. The Hall–Kier alpha value is -1.62. The molecule has 5 heteroatoms. The number of carbonyl (C=O) groups is 1. The van der Waals surface area contributed by atoms with Gasteiger partial charge in [-0.1, -0.05) is 13.8 Å². The lowest BCUT2D eigenvalue weighted by Gasteiger charge is -2.23. The van der Waals surface area contributed by atoms with Gasteiger partial charge in [0.2, 0.25) is 0 Å². The third kappa shape index (κ3) is 4.17. The van der Waals surface area contributed by atoms with Gasteiger partial charge in [-0.15, -0.1) is 0 Å². The highest BCUT2D eigenvalue weighted by Crippen LogP contribution is 2.17. The number of aromatic nitrogens is 1. The molecule has 0 aromatic carbocycles. The number of nitrogens with one attached hydrogen (secondary N) is 2. The second-order valence-electron chi connectivity index (χ2n) is 5.48. The van der Waals surface area contributed by atoms with Crippen molar-refractivity contribution in [3.8, 4) is 0 Å². The molecule has 1 aliphatic rings. The van der Waals surface area contributed by atoms with Gasteiger partial charge in [-0.2, -0.15) is 0 Å². The van der Waals surface area contributed by atoms with Gasteiger partial charge in [0.05, 0.1) is 11.3 Å². The first-order valence-electron chi connectivity index (χ1n) is 7.96. The van der Waals surface area contributed by atoms with Gasteiger partial charge >= 0.3 is 0 Å². The molecule has 5 nitrogen and oxygen atoms in total. The lowest BCUT2D eigenvalue weighted by molar-refractivity contribution is 0.0942. The smallest absolute Gasteiger partial charge is 0.255 e. The molecule has 2 N–H and O–H groups in total. The van der Waals surface area contributed by atoms with E-state index in [4.69, 9.17) is 0 Å². The first kappa shape index (κ1) is 15.8. The minimum atomic E-state index is -0.0374. The number of hydrogen-bond donors (Lipinski definition) is 2. The van der Waals surface area contributed by atoms with E-state index in [1.165, 1.54) is 12.8 Å². The van der Waals surface area contributed by atoms with E-state index in [1.807, 2.05) is 6.07 Å². The van der Waals surface area contributed by atoms with E-state index in [-0.39, 0.29) is 5.91 Å². The van der Waals surface area contributed by atoms with Crippen LogP contribution in [-0.4, -0.2) is 48.0 Å². The maximum atomic E-state index is 12.4. The summed E-state index contributed by atoms with van der Waals surface area (Å²) >= 11 is 0. The fraction of sp³-hybridized carbons (Fsp3) is 0.625. The van der Waals surface area contributed by atoms with Crippen molar-refractivity contribution in [1.29, 1.82) is 0 Å². The zero-order chi connectivity index (χ0) is 15.1. The van der Waals surface area contributed by atoms with Gasteiger partial charge in [0.15, 0.2) is 0 Å². The van der Waals surface area contributed by atoms with Crippen LogP contribution in [-0.2, 0) is 0 Å². The summed E-state index contributed by atoms with van der Waals surface area (Å²) in [6, 6.07) is 2.33. The average molecular weight is 290 g/mol. The Morgan fingerprint density at radius 3 is 3.10 bits per heavy atom. The molecule has 1 aromatic heterocycles. The number of pyridine rings is 1. The zero-order valence-electron chi connectivity index (χ0n) is 13.1. The van der Waals surface area contributed by atoms with Crippen molar-refractivity contribution >= 4 is 11.6 Å². The Morgan fingerprint density at radius 2 is 2.33 bits per heavy atom. The minimum Gasteiger partial charge on any atom is -0.384 e. The van der Waals surface area contributed by atoms with Gasteiger partial charge in [0.25, 0.3) is 5.91 Å². The molecule has 2 rings (SSSR count). The van der Waals surface area contributed by atoms with Crippen LogP contribution in [0, 0.1) is 0 Å². The highest BCUT2D eigenvalue weighted by Gasteiger charge is 2.23. The topological polar surface area (TPSA) is 57.3 Å². The van der Waals surface area contributed by atoms with E-state index < -0.39 is 0 Å². The van der Waals surface area contributed by atoms with Crippen LogP contribution in [0.25, 0.3) is 0 Å². The predicted octanol–water partition coefficient (Wildman–Crippen LogP) is 2.12. The van der Waals surface area contributed by atoms with E-state index in [0.29, 0.717) is 11.6 Å². The number of carbonyl (C=O) groups excluding carboxylic acids is 1. The Labute approximate surface area is 127 Å². The first-order valence-corrected chi connectivity index (χ1v) is 7.96. The van der Waals surface area contributed by atoms with Crippen LogP contribution in [0.1, 0.15) is 43.5 Å². The van der Waals surface area contributed by atoms with Crippen LogP contribution in [0.5, 0.6) is 0 Å². The normalized spacial score (nSPS) is 18.7. The van der Waals surface area contributed by atoms with E-state index >= 15 is 0 Å². The van der Waals surface area contributed by atoms with Crippen molar-refractivity contribution in [3.63, 3.8) is 0 Å². The summed E-state index contributed by atoms with van der Waals surface area (Å²) < 4.78 is 0. The molecular weight excluding hydrogens is 264 g/mol. The maximum Gasteiger partial charge on any atom is 0.255 e. The van der Waals surface area contributed by atoms with Gasteiger partial charge in [-0.05, 0) is 38.4 Å². The molecule has 1 aliphatic heterocycles. The third-order valence-electron chi connectivity index (χ3n) is 4.03. The van der Waals surface area contributed by atoms with E-state index in [9.17, 15) is 4.79 Å². The second-order valence-corrected chi connectivity index (χ2v) is 5.48. The fourth-order valence-corrected chi connectivity index (χ4v) is 2.84. The van der Waals surface area contributed by atoms with Crippen LogP contribution in [0.15, 0.2) is 18.5 Å². The summed E-state index contributed by atoms with van der Waals surface area (Å²) in [6.45, 7) is 8.05. The number of likely N-dealkylation sites (N-methyl/N-ethyl adjacent to an activating group) is 1. The summed E-state index contributed by atoms with van der Waals surface area (Å²) in [6.07, 6.45) is 6.77. The number of anilines is 1. The number of likely N-dealkylation sites (tertiary alicyclic amines) is 1. The molecule has 1 saturated heterocycles. The highest BCUT2D eigenvalue weighted by atomic mass is 16.1. The van der Waals surface area contributed by atoms with Gasteiger partial charge < -0.3 is 10.6 Å². The summed E-state index contributed by atoms with van der Waals surface area (Å²) in [5, 5.41) is 6.34. The average Bonchev–Trinajstić information content (AvgIpc) is 2.98. The summed E-state index contributed by atoms with van der Waals surface area (Å²) in [5.74, 6) is -0.0374. The molecular formula is C16H26N4O. The molecule has 0 spiro atoms. The SMILES string of the molecule is CCCNc1ccncc1C(=O)NCC1CCCN1CC. The van der Waals surface area contributed by atoms with Crippen molar-refractivity contribution < 1.29 is 4.79 Å². The van der Waals surface area contributed by atoms with Crippen LogP contribution in [0.2, 0.25) is 0 Å². The second kappa shape index (κ2) is 7.98. The number of rotatable bonds is 7. The molecule has 0 aliphatic carbocycles. The Balaban J connectivity index is 1.94. The molecule has 0 bridgehead atoms. The largest absolute Gasteiger partial charge is 0.384 e. The standard InChI is InChI=1S/C16H26N4O/c1-3-8-18-15-7-9-17-12-14(15)16(21)19-11-13-6-5-10-20(13)4-2/h7,9,12-13H,3-6,8,10-11H2,1-2H3,(H,17,18)(H,19,21). The first-order chi connectivity index (χ1) is 10.3. The maximum absolute atomic E-state index is 12.4. The monoisotopic (exact) mass is 290 g/mol.